The molecule has 1 fully saturated rings. The number of nitrogens with zero attached hydrogens (tertiary/aromatic N) is 1. The van der Waals surface area contributed by atoms with E-state index in [2.05, 4.69) is 0 Å². The molecule has 9 nitrogen and oxygen atoms in total. The normalized spacial score (nSPS) is 26.3. The lowest BCUT2D eigenvalue weighted by molar-refractivity contribution is -0.195. The van der Waals surface area contributed by atoms with E-state index >= 15 is 0 Å². The molecule has 0 radical (unpaired) electrons. The van der Waals surface area contributed by atoms with Gasteiger partial charge in [-0.15, -0.1) is 0 Å². The van der Waals surface area contributed by atoms with Crippen molar-refractivity contribution in [2.45, 2.75) is 51.8 Å². The van der Waals surface area contributed by atoms with Gasteiger partial charge in [0.25, 0.3) is 0 Å². The second-order valence-corrected chi connectivity index (χ2v) is 5.29. The van der Waals surface area contributed by atoms with Gasteiger partial charge in [-0.2, -0.15) is 0 Å². The van der Waals surface area contributed by atoms with E-state index in [1.807, 2.05) is 0 Å². The summed E-state index contributed by atoms with van der Waals surface area (Å²) < 4.78 is 20.6. The van der Waals surface area contributed by atoms with Crippen molar-refractivity contribution in [3.8, 4) is 0 Å². The van der Waals surface area contributed by atoms with Crippen LogP contribution in [0.15, 0.2) is 0 Å². The van der Waals surface area contributed by atoms with Crippen molar-refractivity contribution in [3.05, 3.63) is 0 Å². The molecule has 0 aromatic heterocycles. The Labute approximate surface area is 133 Å². The fourth-order valence-electron chi connectivity index (χ4n) is 2.12. The van der Waals surface area contributed by atoms with E-state index in [9.17, 15) is 19.2 Å². The summed E-state index contributed by atoms with van der Waals surface area (Å²) >= 11 is 0. The average Bonchev–Trinajstić information content (AvgIpc) is 2.66. The van der Waals surface area contributed by atoms with E-state index in [1.165, 1.54) is 11.8 Å². The minimum Gasteiger partial charge on any atom is -0.456 e. The molecule has 130 valence electrons. The van der Waals surface area contributed by atoms with E-state index in [4.69, 9.17) is 18.9 Å². The predicted octanol–water partition coefficient (Wildman–Crippen LogP) is -0.384. The van der Waals surface area contributed by atoms with E-state index in [0.29, 0.717) is 0 Å². The zero-order valence-electron chi connectivity index (χ0n) is 13.7. The lowest BCUT2D eigenvalue weighted by atomic mass is 10.1. The third-order valence-corrected chi connectivity index (χ3v) is 3.03. The first-order chi connectivity index (χ1) is 10.6. The van der Waals surface area contributed by atoms with Crippen LogP contribution < -0.4 is 0 Å². The Kier molecular flexibility index (Phi) is 6.49. The molecule has 0 aromatic rings. The van der Waals surface area contributed by atoms with Crippen LogP contribution in [0.5, 0.6) is 0 Å². The van der Waals surface area contributed by atoms with Crippen LogP contribution in [0, 0.1) is 0 Å². The van der Waals surface area contributed by atoms with Crippen molar-refractivity contribution in [3.63, 3.8) is 0 Å². The van der Waals surface area contributed by atoms with Crippen LogP contribution >= 0.6 is 0 Å². The Bertz CT molecular complexity index is 489. The molecule has 0 aliphatic carbocycles. The van der Waals surface area contributed by atoms with Crippen LogP contribution in [0.1, 0.15) is 27.2 Å². The van der Waals surface area contributed by atoms with Gasteiger partial charge < -0.3 is 23.8 Å². The van der Waals surface area contributed by atoms with Crippen molar-refractivity contribution in [2.75, 3.05) is 14.1 Å². The van der Waals surface area contributed by atoms with Crippen LogP contribution in [0.2, 0.25) is 0 Å². The summed E-state index contributed by atoms with van der Waals surface area (Å²) in [6.45, 7) is 3.50. The lowest BCUT2D eigenvalue weighted by Crippen LogP contribution is -2.42. The molecule has 9 heteroatoms. The predicted molar refractivity (Wildman–Crippen MR) is 74.8 cm³/mol. The summed E-state index contributed by atoms with van der Waals surface area (Å²) in [6.07, 6.45) is -4.46. The first-order valence-electron chi connectivity index (χ1n) is 6.99. The fraction of sp³-hybridized carbons (Fsp3) is 0.714. The molecule has 23 heavy (non-hydrogen) atoms. The SMILES string of the molecule is CC(=O)OC1O[C@H](CC(=O)N(C)C)[C@@H](OC(C)=O)[C@H]1OC(C)=O. The Morgan fingerprint density at radius 1 is 0.870 bits per heavy atom. The molecule has 0 aromatic carbocycles. The van der Waals surface area contributed by atoms with Gasteiger partial charge in [0.15, 0.2) is 6.10 Å². The molecule has 1 rings (SSSR count). The molecule has 1 unspecified atom stereocenters. The van der Waals surface area contributed by atoms with Crippen molar-refractivity contribution in [1.82, 2.24) is 4.90 Å². The Balaban J connectivity index is 3.02. The van der Waals surface area contributed by atoms with E-state index < -0.39 is 42.5 Å². The highest BCUT2D eigenvalue weighted by atomic mass is 16.7. The molecule has 1 heterocycles. The molecular weight excluding hydrogens is 310 g/mol. The Morgan fingerprint density at radius 3 is 1.78 bits per heavy atom. The maximum Gasteiger partial charge on any atom is 0.305 e. The molecule has 1 saturated heterocycles. The Hall–Kier alpha value is -2.16. The Morgan fingerprint density at radius 2 is 1.35 bits per heavy atom. The average molecular weight is 331 g/mol. The highest BCUT2D eigenvalue weighted by Crippen LogP contribution is 2.30. The highest BCUT2D eigenvalue weighted by molar-refractivity contribution is 5.76. The highest BCUT2D eigenvalue weighted by Gasteiger charge is 2.51. The van der Waals surface area contributed by atoms with Crippen LogP contribution in [-0.2, 0) is 38.1 Å². The van der Waals surface area contributed by atoms with Gasteiger partial charge in [-0.05, 0) is 0 Å². The minimum absolute atomic E-state index is 0.125. The smallest absolute Gasteiger partial charge is 0.305 e. The summed E-state index contributed by atoms with van der Waals surface area (Å²) in [5, 5.41) is 0. The molecule has 0 bridgehead atoms. The van der Waals surface area contributed by atoms with Crippen molar-refractivity contribution in [1.29, 1.82) is 0 Å². The van der Waals surface area contributed by atoms with Gasteiger partial charge in [0.2, 0.25) is 18.3 Å². The molecule has 0 N–H and O–H groups in total. The zero-order valence-corrected chi connectivity index (χ0v) is 13.7. The molecule has 1 amide bonds. The summed E-state index contributed by atoms with van der Waals surface area (Å²) in [6, 6.07) is 0. The molecule has 1 aliphatic heterocycles. The lowest BCUT2D eigenvalue weighted by Gasteiger charge is -2.23. The van der Waals surface area contributed by atoms with Crippen LogP contribution in [0.25, 0.3) is 0 Å². The number of hydrogen-bond acceptors (Lipinski definition) is 8. The maximum atomic E-state index is 11.9. The van der Waals surface area contributed by atoms with Gasteiger partial charge in [0.1, 0.15) is 6.10 Å². The monoisotopic (exact) mass is 331 g/mol. The summed E-state index contributed by atoms with van der Waals surface area (Å²) in [7, 11) is 3.12. The topological polar surface area (TPSA) is 108 Å². The third kappa shape index (κ3) is 5.51. The van der Waals surface area contributed by atoms with E-state index in [1.54, 1.807) is 14.1 Å². The number of esters is 3. The number of rotatable bonds is 5. The molecule has 0 saturated carbocycles. The molecule has 4 atom stereocenters. The number of carbonyl (C=O) groups excluding carboxylic acids is 4. The second-order valence-electron chi connectivity index (χ2n) is 5.29. The van der Waals surface area contributed by atoms with Crippen LogP contribution in [-0.4, -0.2) is 67.4 Å². The van der Waals surface area contributed by atoms with Gasteiger partial charge in [-0.3, -0.25) is 19.2 Å². The molecule has 1 aliphatic rings. The van der Waals surface area contributed by atoms with Gasteiger partial charge in [-0.25, -0.2) is 0 Å². The second kappa shape index (κ2) is 7.91. The summed E-state index contributed by atoms with van der Waals surface area (Å²) in [5.41, 5.74) is 0. The number of hydrogen-bond donors (Lipinski definition) is 0. The zero-order chi connectivity index (χ0) is 17.7. The quantitative estimate of drug-likeness (QED) is 0.495. The van der Waals surface area contributed by atoms with Gasteiger partial charge in [0.05, 0.1) is 6.42 Å². The van der Waals surface area contributed by atoms with Crippen molar-refractivity contribution >= 4 is 23.8 Å². The molecule has 0 spiro atoms. The first-order valence-corrected chi connectivity index (χ1v) is 6.99. The van der Waals surface area contributed by atoms with Gasteiger partial charge in [-0.1, -0.05) is 0 Å². The van der Waals surface area contributed by atoms with E-state index in [0.717, 1.165) is 13.8 Å². The number of amides is 1. The fourth-order valence-corrected chi connectivity index (χ4v) is 2.12. The van der Waals surface area contributed by atoms with Crippen LogP contribution in [0.3, 0.4) is 0 Å². The minimum atomic E-state index is -1.25. The summed E-state index contributed by atoms with van der Waals surface area (Å²) in [4.78, 5) is 47.0. The van der Waals surface area contributed by atoms with Gasteiger partial charge >= 0.3 is 17.9 Å². The standard InChI is InChI=1S/C14H21NO8/c1-7(16)20-12-10(6-11(19)15(4)5)23-14(22-9(3)18)13(12)21-8(2)17/h10,12-14H,6H2,1-5H3/t10-,12-,13-,14?/m1/s1. The summed E-state index contributed by atoms with van der Waals surface area (Å²) in [5.74, 6) is -2.24. The van der Waals surface area contributed by atoms with Crippen LogP contribution in [0.4, 0.5) is 0 Å². The van der Waals surface area contributed by atoms with Gasteiger partial charge in [0, 0.05) is 34.9 Å². The first kappa shape index (κ1) is 18.9. The maximum absolute atomic E-state index is 11.9. The largest absolute Gasteiger partial charge is 0.456 e. The number of carbonyl (C=O) groups is 4. The third-order valence-electron chi connectivity index (χ3n) is 3.03. The van der Waals surface area contributed by atoms with E-state index in [-0.39, 0.29) is 12.3 Å². The van der Waals surface area contributed by atoms with Crippen molar-refractivity contribution < 1.29 is 38.1 Å². The number of ether oxygens (including phenoxy) is 4. The molecular formula is C14H21NO8. The van der Waals surface area contributed by atoms with Crippen molar-refractivity contribution in [2.24, 2.45) is 0 Å².